The van der Waals surface area contributed by atoms with Crippen LogP contribution in [0.4, 0.5) is 14.5 Å². The number of anilines is 1. The predicted molar refractivity (Wildman–Crippen MR) is 101 cm³/mol. The molecule has 2 amide bonds. The Bertz CT molecular complexity index is 890. The van der Waals surface area contributed by atoms with Gasteiger partial charge in [0.15, 0.2) is 6.61 Å². The lowest BCUT2D eigenvalue weighted by atomic mass is 10.2. The number of ether oxygens (including phenoxy) is 1. The van der Waals surface area contributed by atoms with Crippen LogP contribution in [-0.4, -0.2) is 49.1 Å². The maximum absolute atomic E-state index is 13.5. The molecule has 0 saturated heterocycles. The summed E-state index contributed by atoms with van der Waals surface area (Å²) in [5.41, 5.74) is -0.0135. The van der Waals surface area contributed by atoms with Crippen LogP contribution in [0.3, 0.4) is 0 Å². The topological polar surface area (TPSA) is 75.7 Å². The molecule has 0 aromatic heterocycles. The first-order chi connectivity index (χ1) is 13.3. The number of carbonyl (C=O) groups is 3. The first-order valence-corrected chi connectivity index (χ1v) is 9.10. The highest BCUT2D eigenvalue weighted by atomic mass is 32.2. The first kappa shape index (κ1) is 21.4. The third-order valence-corrected chi connectivity index (χ3v) is 4.55. The number of nitrogens with one attached hydrogen (secondary N) is 1. The minimum Gasteiger partial charge on any atom is -0.452 e. The molecule has 0 fully saturated rings. The lowest BCUT2D eigenvalue weighted by molar-refractivity contribution is -0.125. The van der Waals surface area contributed by atoms with Gasteiger partial charge in [0.2, 0.25) is 5.91 Å². The van der Waals surface area contributed by atoms with Crippen LogP contribution >= 0.6 is 11.8 Å². The summed E-state index contributed by atoms with van der Waals surface area (Å²) in [6.45, 7) is -0.648. The summed E-state index contributed by atoms with van der Waals surface area (Å²) in [6, 6.07) is 9.21. The lowest BCUT2D eigenvalue weighted by Gasteiger charge is -2.12. The summed E-state index contributed by atoms with van der Waals surface area (Å²) in [5.74, 6) is -3.21. The number of amides is 2. The summed E-state index contributed by atoms with van der Waals surface area (Å²) >= 11 is 1.17. The Labute approximate surface area is 164 Å². The fourth-order valence-corrected chi connectivity index (χ4v) is 3.03. The van der Waals surface area contributed by atoms with Crippen LogP contribution in [0.5, 0.6) is 0 Å². The van der Waals surface area contributed by atoms with E-state index in [1.807, 2.05) is 0 Å². The molecule has 148 valence electrons. The Kier molecular flexibility index (Phi) is 7.51. The molecular weight excluding hydrogens is 390 g/mol. The van der Waals surface area contributed by atoms with Crippen LogP contribution in [0.15, 0.2) is 47.4 Å². The smallest absolute Gasteiger partial charge is 0.339 e. The average molecular weight is 408 g/mol. The Morgan fingerprint density at radius 1 is 1.11 bits per heavy atom. The summed E-state index contributed by atoms with van der Waals surface area (Å²) < 4.78 is 31.4. The van der Waals surface area contributed by atoms with E-state index in [0.717, 1.165) is 12.1 Å². The largest absolute Gasteiger partial charge is 0.452 e. The van der Waals surface area contributed by atoms with E-state index in [0.29, 0.717) is 11.0 Å². The van der Waals surface area contributed by atoms with E-state index in [1.165, 1.54) is 22.7 Å². The number of esters is 1. The minimum absolute atomic E-state index is 0.117. The van der Waals surface area contributed by atoms with Gasteiger partial charge in [0.05, 0.1) is 17.0 Å². The van der Waals surface area contributed by atoms with Crippen LogP contribution in [0.1, 0.15) is 10.4 Å². The summed E-state index contributed by atoms with van der Waals surface area (Å²) in [5, 5.41) is 2.20. The number of hydrogen-bond donors (Lipinski definition) is 1. The van der Waals surface area contributed by atoms with Crippen molar-refractivity contribution in [2.75, 3.05) is 31.8 Å². The molecule has 0 unspecified atom stereocenters. The zero-order valence-corrected chi connectivity index (χ0v) is 16.0. The molecule has 0 aliphatic carbocycles. The van der Waals surface area contributed by atoms with Crippen molar-refractivity contribution in [3.63, 3.8) is 0 Å². The maximum Gasteiger partial charge on any atom is 0.339 e. The van der Waals surface area contributed by atoms with E-state index in [4.69, 9.17) is 4.74 Å². The van der Waals surface area contributed by atoms with Crippen molar-refractivity contribution in [1.29, 1.82) is 0 Å². The molecule has 0 spiro atoms. The Morgan fingerprint density at radius 3 is 2.50 bits per heavy atom. The van der Waals surface area contributed by atoms with Crippen molar-refractivity contribution in [2.24, 2.45) is 0 Å². The Hall–Kier alpha value is -2.94. The third kappa shape index (κ3) is 6.05. The van der Waals surface area contributed by atoms with E-state index in [-0.39, 0.29) is 22.9 Å². The van der Waals surface area contributed by atoms with E-state index in [2.05, 4.69) is 5.32 Å². The Balaban J connectivity index is 1.95. The number of carbonyl (C=O) groups excluding carboxylic acids is 3. The second-order valence-electron chi connectivity index (χ2n) is 5.82. The predicted octanol–water partition coefficient (Wildman–Crippen LogP) is 2.94. The van der Waals surface area contributed by atoms with Gasteiger partial charge < -0.3 is 15.0 Å². The molecule has 0 saturated carbocycles. The van der Waals surface area contributed by atoms with Crippen LogP contribution in [0.25, 0.3) is 0 Å². The van der Waals surface area contributed by atoms with Gasteiger partial charge in [-0.15, -0.1) is 11.8 Å². The summed E-state index contributed by atoms with van der Waals surface area (Å²) in [7, 11) is 3.26. The fourth-order valence-electron chi connectivity index (χ4n) is 2.02. The minimum atomic E-state index is -0.938. The quantitative estimate of drug-likeness (QED) is 0.563. The van der Waals surface area contributed by atoms with Crippen LogP contribution in [0.2, 0.25) is 0 Å². The zero-order valence-electron chi connectivity index (χ0n) is 15.2. The maximum atomic E-state index is 13.5. The highest BCUT2D eigenvalue weighted by Crippen LogP contribution is 2.23. The molecule has 0 bridgehead atoms. The average Bonchev–Trinajstić information content (AvgIpc) is 2.66. The molecule has 2 aromatic rings. The van der Waals surface area contributed by atoms with Crippen molar-refractivity contribution in [3.05, 3.63) is 59.7 Å². The van der Waals surface area contributed by atoms with E-state index in [1.54, 1.807) is 32.3 Å². The fraction of sp³-hybridized carbons (Fsp3) is 0.211. The van der Waals surface area contributed by atoms with Gasteiger partial charge in [0.25, 0.3) is 5.91 Å². The van der Waals surface area contributed by atoms with Crippen molar-refractivity contribution < 1.29 is 27.9 Å². The first-order valence-electron chi connectivity index (χ1n) is 8.12. The number of hydrogen-bond acceptors (Lipinski definition) is 5. The zero-order chi connectivity index (χ0) is 20.7. The van der Waals surface area contributed by atoms with Gasteiger partial charge in [-0.25, -0.2) is 13.6 Å². The second-order valence-corrected chi connectivity index (χ2v) is 6.84. The van der Waals surface area contributed by atoms with Crippen molar-refractivity contribution in [1.82, 2.24) is 4.90 Å². The van der Waals surface area contributed by atoms with E-state index in [9.17, 15) is 23.2 Å². The molecule has 0 heterocycles. The number of halogens is 2. The standard InChI is InChI=1S/C19H18F2N2O4S/c1-23(2)18(25)11-28-16-6-4-3-5-13(16)19(26)27-10-17(24)22-15-8-7-12(20)9-14(15)21/h3-9H,10-11H2,1-2H3,(H,22,24). The second kappa shape index (κ2) is 9.84. The lowest BCUT2D eigenvalue weighted by Crippen LogP contribution is -2.23. The van der Waals surface area contributed by atoms with E-state index >= 15 is 0 Å². The van der Waals surface area contributed by atoms with Gasteiger partial charge in [0, 0.05) is 25.1 Å². The Morgan fingerprint density at radius 2 is 1.82 bits per heavy atom. The number of benzene rings is 2. The molecule has 2 aromatic carbocycles. The molecule has 28 heavy (non-hydrogen) atoms. The molecule has 2 rings (SSSR count). The third-order valence-electron chi connectivity index (χ3n) is 3.50. The van der Waals surface area contributed by atoms with Gasteiger partial charge in [-0.3, -0.25) is 9.59 Å². The van der Waals surface area contributed by atoms with Crippen LogP contribution < -0.4 is 5.32 Å². The van der Waals surface area contributed by atoms with Gasteiger partial charge in [-0.1, -0.05) is 12.1 Å². The monoisotopic (exact) mass is 408 g/mol. The highest BCUT2D eigenvalue weighted by Gasteiger charge is 2.16. The normalized spacial score (nSPS) is 10.3. The van der Waals surface area contributed by atoms with Gasteiger partial charge in [-0.05, 0) is 24.3 Å². The number of thioether (sulfide) groups is 1. The van der Waals surface area contributed by atoms with Crippen LogP contribution in [0, 0.1) is 11.6 Å². The molecule has 1 N–H and O–H groups in total. The molecule has 0 atom stereocenters. The van der Waals surface area contributed by atoms with Crippen molar-refractivity contribution in [3.8, 4) is 0 Å². The van der Waals surface area contributed by atoms with Crippen LogP contribution in [-0.2, 0) is 14.3 Å². The summed E-state index contributed by atoms with van der Waals surface area (Å²) in [6.07, 6.45) is 0. The molecular formula is C19H18F2N2O4S. The van der Waals surface area contributed by atoms with Crippen molar-refractivity contribution >= 4 is 35.2 Å². The molecule has 0 aliphatic rings. The van der Waals surface area contributed by atoms with Gasteiger partial charge in [-0.2, -0.15) is 0 Å². The summed E-state index contributed by atoms with van der Waals surface area (Å²) in [4.78, 5) is 37.8. The van der Waals surface area contributed by atoms with Gasteiger partial charge in [0.1, 0.15) is 11.6 Å². The van der Waals surface area contributed by atoms with E-state index < -0.39 is 30.1 Å². The molecule has 6 nitrogen and oxygen atoms in total. The van der Waals surface area contributed by atoms with Gasteiger partial charge >= 0.3 is 5.97 Å². The molecule has 0 aliphatic heterocycles. The SMILES string of the molecule is CN(C)C(=O)CSc1ccccc1C(=O)OCC(=O)Nc1ccc(F)cc1F. The number of rotatable bonds is 7. The van der Waals surface area contributed by atoms with Crippen molar-refractivity contribution in [2.45, 2.75) is 4.90 Å². The highest BCUT2D eigenvalue weighted by molar-refractivity contribution is 8.00. The molecule has 0 radical (unpaired) electrons. The number of nitrogens with zero attached hydrogens (tertiary/aromatic N) is 1. The molecule has 9 heteroatoms.